The van der Waals surface area contributed by atoms with Gasteiger partial charge in [0.25, 0.3) is 0 Å². The molecule has 14 heavy (non-hydrogen) atoms. The molecule has 1 aliphatic rings. The number of carbonyl (C=O) groups is 1. The Bertz CT molecular complexity index is 319. The molecule has 0 aromatic rings. The summed E-state index contributed by atoms with van der Waals surface area (Å²) in [6.45, 7) is 10.2. The van der Waals surface area contributed by atoms with E-state index in [1.54, 1.807) is 0 Å². The zero-order valence-corrected chi connectivity index (χ0v) is 11.1. The number of halogens is 1. The molecule has 0 bridgehead atoms. The molecule has 0 atom stereocenters. The normalized spacial score (nSPS) is 22.0. The second-order valence-electron chi connectivity index (χ2n) is 4.29. The van der Waals surface area contributed by atoms with Gasteiger partial charge in [0.05, 0.1) is 0 Å². The van der Waals surface area contributed by atoms with Crippen molar-refractivity contribution < 1.29 is 4.79 Å². The van der Waals surface area contributed by atoms with Gasteiger partial charge in [0, 0.05) is 10.7 Å². The SMILES string of the molecule is CC1=C(C)C(C)(CBr)C(C)=C(C)C1=O. The van der Waals surface area contributed by atoms with Crippen LogP contribution < -0.4 is 0 Å². The van der Waals surface area contributed by atoms with E-state index < -0.39 is 0 Å². The van der Waals surface area contributed by atoms with Crippen LogP contribution in [0.3, 0.4) is 0 Å². The highest BCUT2D eigenvalue weighted by molar-refractivity contribution is 9.09. The van der Waals surface area contributed by atoms with Crippen LogP contribution in [0.4, 0.5) is 0 Å². The maximum atomic E-state index is 11.8. The van der Waals surface area contributed by atoms with Gasteiger partial charge in [-0.15, -0.1) is 0 Å². The van der Waals surface area contributed by atoms with E-state index in [4.69, 9.17) is 0 Å². The van der Waals surface area contributed by atoms with Crippen molar-refractivity contribution in [2.45, 2.75) is 34.6 Å². The predicted molar refractivity (Wildman–Crippen MR) is 63.7 cm³/mol. The van der Waals surface area contributed by atoms with Gasteiger partial charge in [0.15, 0.2) is 5.78 Å². The minimum atomic E-state index is 0.0159. The van der Waals surface area contributed by atoms with E-state index >= 15 is 0 Å². The molecule has 0 unspecified atom stereocenters. The van der Waals surface area contributed by atoms with E-state index in [-0.39, 0.29) is 11.2 Å². The van der Waals surface area contributed by atoms with Crippen molar-refractivity contribution in [1.82, 2.24) is 0 Å². The molecular formula is C12H17BrO. The van der Waals surface area contributed by atoms with Gasteiger partial charge in [-0.05, 0) is 38.8 Å². The Kier molecular flexibility index (Phi) is 3.05. The summed E-state index contributed by atoms with van der Waals surface area (Å²) in [5, 5.41) is 0.875. The van der Waals surface area contributed by atoms with Crippen LogP contribution in [0.1, 0.15) is 34.6 Å². The fourth-order valence-corrected chi connectivity index (χ4v) is 2.77. The van der Waals surface area contributed by atoms with Gasteiger partial charge < -0.3 is 0 Å². The number of Topliss-reactive ketones (excluding diaryl/α,β-unsaturated/α-hetero) is 1. The van der Waals surface area contributed by atoms with Crippen LogP contribution in [0.15, 0.2) is 22.3 Å². The van der Waals surface area contributed by atoms with Gasteiger partial charge in [-0.3, -0.25) is 4.79 Å². The van der Waals surface area contributed by atoms with Gasteiger partial charge >= 0.3 is 0 Å². The van der Waals surface area contributed by atoms with E-state index in [1.165, 1.54) is 11.1 Å². The summed E-state index contributed by atoms with van der Waals surface area (Å²) in [7, 11) is 0. The first kappa shape index (κ1) is 11.7. The maximum Gasteiger partial charge on any atom is 0.184 e. The van der Waals surface area contributed by atoms with Crippen molar-refractivity contribution >= 4 is 21.7 Å². The maximum absolute atomic E-state index is 11.8. The highest BCUT2D eigenvalue weighted by Gasteiger charge is 2.35. The Balaban J connectivity index is 3.41. The fourth-order valence-electron chi connectivity index (χ4n) is 1.93. The van der Waals surface area contributed by atoms with Crippen LogP contribution in [-0.4, -0.2) is 11.1 Å². The lowest BCUT2D eigenvalue weighted by Gasteiger charge is -2.36. The van der Waals surface area contributed by atoms with Crippen molar-refractivity contribution in [1.29, 1.82) is 0 Å². The molecule has 0 aliphatic heterocycles. The van der Waals surface area contributed by atoms with Gasteiger partial charge in [-0.25, -0.2) is 0 Å². The number of carbonyl (C=O) groups excluding carboxylic acids is 1. The van der Waals surface area contributed by atoms with Crippen LogP contribution in [0.5, 0.6) is 0 Å². The molecule has 78 valence electrons. The Morgan fingerprint density at radius 2 is 1.43 bits per heavy atom. The first-order valence-electron chi connectivity index (χ1n) is 4.82. The second-order valence-corrected chi connectivity index (χ2v) is 4.86. The molecule has 0 spiro atoms. The first-order chi connectivity index (χ1) is 6.36. The predicted octanol–water partition coefficient (Wildman–Crippen LogP) is 3.64. The summed E-state index contributed by atoms with van der Waals surface area (Å²) >= 11 is 3.54. The van der Waals surface area contributed by atoms with Crippen molar-refractivity contribution in [2.75, 3.05) is 5.33 Å². The van der Waals surface area contributed by atoms with E-state index in [0.29, 0.717) is 0 Å². The number of allylic oxidation sites excluding steroid dienone is 4. The Labute approximate surface area is 94.4 Å². The molecule has 0 aromatic carbocycles. The number of hydrogen-bond donors (Lipinski definition) is 0. The van der Waals surface area contributed by atoms with E-state index in [2.05, 4.69) is 36.7 Å². The fraction of sp³-hybridized carbons (Fsp3) is 0.583. The van der Waals surface area contributed by atoms with Crippen molar-refractivity contribution in [3.63, 3.8) is 0 Å². The van der Waals surface area contributed by atoms with Crippen LogP contribution in [-0.2, 0) is 4.79 Å². The van der Waals surface area contributed by atoms with Gasteiger partial charge in [0.1, 0.15) is 0 Å². The number of ketones is 1. The van der Waals surface area contributed by atoms with Crippen molar-refractivity contribution in [3.05, 3.63) is 22.3 Å². The number of rotatable bonds is 1. The largest absolute Gasteiger partial charge is 0.289 e. The molecule has 0 N–H and O–H groups in total. The molecule has 1 aliphatic carbocycles. The summed E-state index contributed by atoms with van der Waals surface area (Å²) in [6, 6.07) is 0. The smallest absolute Gasteiger partial charge is 0.184 e. The molecule has 2 heteroatoms. The summed E-state index contributed by atoms with van der Waals surface area (Å²) in [4.78, 5) is 11.8. The minimum Gasteiger partial charge on any atom is -0.289 e. The molecule has 0 aromatic heterocycles. The van der Waals surface area contributed by atoms with Crippen molar-refractivity contribution in [3.8, 4) is 0 Å². The Morgan fingerprint density at radius 1 is 1.07 bits per heavy atom. The monoisotopic (exact) mass is 256 g/mol. The number of alkyl halides is 1. The molecular weight excluding hydrogens is 240 g/mol. The lowest BCUT2D eigenvalue weighted by atomic mass is 9.70. The van der Waals surface area contributed by atoms with Crippen LogP contribution >= 0.6 is 15.9 Å². The number of hydrogen-bond acceptors (Lipinski definition) is 1. The van der Waals surface area contributed by atoms with E-state index in [9.17, 15) is 4.79 Å². The highest BCUT2D eigenvalue weighted by atomic mass is 79.9. The van der Waals surface area contributed by atoms with Crippen molar-refractivity contribution in [2.24, 2.45) is 5.41 Å². The average molecular weight is 257 g/mol. The van der Waals surface area contributed by atoms with Gasteiger partial charge in [-0.1, -0.05) is 34.0 Å². The minimum absolute atomic E-state index is 0.0159. The molecule has 1 nitrogen and oxygen atoms in total. The third-order valence-corrected chi connectivity index (χ3v) is 4.85. The third kappa shape index (κ3) is 1.40. The zero-order chi connectivity index (χ0) is 11.1. The molecule has 1 rings (SSSR count). The first-order valence-corrected chi connectivity index (χ1v) is 5.95. The van der Waals surface area contributed by atoms with Crippen LogP contribution in [0.25, 0.3) is 0 Å². The van der Waals surface area contributed by atoms with Gasteiger partial charge in [-0.2, -0.15) is 0 Å². The average Bonchev–Trinajstić information content (AvgIpc) is 2.21. The quantitative estimate of drug-likeness (QED) is 0.655. The molecule has 0 saturated heterocycles. The Hall–Kier alpha value is -0.370. The lowest BCUT2D eigenvalue weighted by molar-refractivity contribution is -0.112. The zero-order valence-electron chi connectivity index (χ0n) is 9.49. The third-order valence-electron chi connectivity index (χ3n) is 3.73. The Morgan fingerprint density at radius 3 is 1.71 bits per heavy atom. The van der Waals surface area contributed by atoms with E-state index in [1.807, 2.05) is 13.8 Å². The standard InChI is InChI=1S/C12H17BrO/c1-7-9(3)12(5,6-13)10(4)8(2)11(7)14/h6H2,1-5H3. The highest BCUT2D eigenvalue weighted by Crippen LogP contribution is 2.43. The van der Waals surface area contributed by atoms with Gasteiger partial charge in [0.2, 0.25) is 0 Å². The summed E-state index contributed by atoms with van der Waals surface area (Å²) < 4.78 is 0. The lowest BCUT2D eigenvalue weighted by Crippen LogP contribution is -2.30. The molecule has 0 heterocycles. The molecule has 0 radical (unpaired) electrons. The topological polar surface area (TPSA) is 17.1 Å². The van der Waals surface area contributed by atoms with E-state index in [0.717, 1.165) is 16.5 Å². The summed E-state index contributed by atoms with van der Waals surface area (Å²) in [5.41, 5.74) is 4.23. The van der Waals surface area contributed by atoms with Crippen LogP contribution in [0, 0.1) is 5.41 Å². The molecule has 0 saturated carbocycles. The van der Waals surface area contributed by atoms with Crippen LogP contribution in [0.2, 0.25) is 0 Å². The summed E-state index contributed by atoms with van der Waals surface area (Å²) in [5.74, 6) is 0.207. The second kappa shape index (κ2) is 3.65. The molecule has 0 amide bonds. The summed E-state index contributed by atoms with van der Waals surface area (Å²) in [6.07, 6.45) is 0. The molecule has 0 fully saturated rings.